The molecular weight excluding hydrogens is 296 g/mol. The third kappa shape index (κ3) is 3.75. The summed E-state index contributed by atoms with van der Waals surface area (Å²) in [6.07, 6.45) is 3.24. The second-order valence-corrected chi connectivity index (χ2v) is 6.90. The minimum absolute atomic E-state index is 0.0333. The minimum atomic E-state index is -3.12. The fourth-order valence-electron chi connectivity index (χ4n) is 2.24. The Kier molecular flexibility index (Phi) is 4.51. The van der Waals surface area contributed by atoms with Crippen LogP contribution in [0.15, 0.2) is 18.5 Å². The van der Waals surface area contributed by atoms with Crippen LogP contribution >= 0.6 is 0 Å². The van der Waals surface area contributed by atoms with Gasteiger partial charge in [0.25, 0.3) is 0 Å². The van der Waals surface area contributed by atoms with Crippen LogP contribution < -0.4 is 5.32 Å². The van der Waals surface area contributed by atoms with Crippen LogP contribution in [0.25, 0.3) is 0 Å². The Morgan fingerprint density at radius 1 is 1.38 bits per heavy atom. The number of nitrogens with zero attached hydrogens (tertiary/aromatic N) is 3. The van der Waals surface area contributed by atoms with Gasteiger partial charge in [0.15, 0.2) is 9.84 Å². The first-order chi connectivity index (χ1) is 9.93. The summed E-state index contributed by atoms with van der Waals surface area (Å²) < 4.78 is 23.0. The molecule has 9 heteroatoms. The maximum Gasteiger partial charge on any atom is 0.316 e. The van der Waals surface area contributed by atoms with E-state index in [9.17, 15) is 18.0 Å². The fraction of sp³-hybridized carbons (Fsp3) is 0.500. The van der Waals surface area contributed by atoms with Gasteiger partial charge in [-0.25, -0.2) is 18.4 Å². The van der Waals surface area contributed by atoms with Crippen LogP contribution in [0.2, 0.25) is 0 Å². The zero-order valence-electron chi connectivity index (χ0n) is 11.5. The number of anilines is 1. The van der Waals surface area contributed by atoms with Gasteiger partial charge in [-0.15, -0.1) is 0 Å². The molecule has 0 bridgehead atoms. The number of hydrogen-bond acceptors (Lipinski definition) is 6. The van der Waals surface area contributed by atoms with Crippen LogP contribution in [0, 0.1) is 0 Å². The Hall–Kier alpha value is -2.03. The van der Waals surface area contributed by atoms with E-state index in [4.69, 9.17) is 0 Å². The molecule has 1 N–H and O–H groups in total. The predicted molar refractivity (Wildman–Crippen MR) is 75.1 cm³/mol. The molecular formula is C12H16N4O4S. The average molecular weight is 312 g/mol. The van der Waals surface area contributed by atoms with Gasteiger partial charge in [-0.3, -0.25) is 14.9 Å². The number of sulfone groups is 1. The number of carbonyl (C=O) groups excluding carboxylic acids is 2. The van der Waals surface area contributed by atoms with E-state index in [1.807, 2.05) is 0 Å². The highest BCUT2D eigenvalue weighted by Crippen LogP contribution is 2.18. The Bertz CT molecular complexity index is 632. The molecule has 2 amide bonds. The molecule has 8 nitrogen and oxygen atoms in total. The smallest absolute Gasteiger partial charge is 0.316 e. The second-order valence-electron chi connectivity index (χ2n) is 4.67. The van der Waals surface area contributed by atoms with Crippen molar-refractivity contribution >= 4 is 27.6 Å². The summed E-state index contributed by atoms with van der Waals surface area (Å²) in [4.78, 5) is 32.9. The van der Waals surface area contributed by atoms with Gasteiger partial charge in [0.05, 0.1) is 11.5 Å². The fourth-order valence-corrected chi connectivity index (χ4v) is 3.97. The molecule has 1 saturated heterocycles. The maximum absolute atomic E-state index is 12.1. The number of hydrogen-bond donors (Lipinski definition) is 1. The molecule has 1 aromatic heterocycles. The van der Waals surface area contributed by atoms with Gasteiger partial charge in [0.2, 0.25) is 5.95 Å². The number of nitrogens with one attached hydrogen (secondary N) is 1. The van der Waals surface area contributed by atoms with E-state index in [0.717, 1.165) is 0 Å². The second kappa shape index (κ2) is 6.17. The zero-order chi connectivity index (χ0) is 15.5. The van der Waals surface area contributed by atoms with E-state index in [1.165, 1.54) is 17.3 Å². The lowest BCUT2D eigenvalue weighted by Crippen LogP contribution is -2.46. The van der Waals surface area contributed by atoms with Crippen LogP contribution in [-0.4, -0.2) is 59.2 Å². The molecule has 2 rings (SSSR count). The largest absolute Gasteiger partial charge is 0.331 e. The first-order valence-corrected chi connectivity index (χ1v) is 8.34. The van der Waals surface area contributed by atoms with Crippen LogP contribution in [0.4, 0.5) is 5.95 Å². The lowest BCUT2D eigenvalue weighted by atomic mass is 10.2. The van der Waals surface area contributed by atoms with Crippen molar-refractivity contribution in [3.8, 4) is 0 Å². The highest BCUT2D eigenvalue weighted by atomic mass is 32.2. The van der Waals surface area contributed by atoms with Crippen LogP contribution in [-0.2, 0) is 19.4 Å². The number of rotatable bonds is 3. The molecule has 1 aliphatic rings. The van der Waals surface area contributed by atoms with Gasteiger partial charge in [-0.05, 0) is 19.4 Å². The topological polar surface area (TPSA) is 109 Å². The Morgan fingerprint density at radius 3 is 2.57 bits per heavy atom. The van der Waals surface area contributed by atoms with E-state index < -0.39 is 27.7 Å². The highest BCUT2D eigenvalue weighted by Gasteiger charge is 2.36. The van der Waals surface area contributed by atoms with Crippen molar-refractivity contribution in [2.24, 2.45) is 0 Å². The third-order valence-corrected chi connectivity index (χ3v) is 4.99. The quantitative estimate of drug-likeness (QED) is 0.750. The molecule has 0 saturated carbocycles. The molecule has 0 radical (unpaired) electrons. The average Bonchev–Trinajstić information content (AvgIpc) is 2.80. The predicted octanol–water partition coefficient (Wildman–Crippen LogP) is -0.549. The van der Waals surface area contributed by atoms with Crippen LogP contribution in [0.1, 0.15) is 13.3 Å². The van der Waals surface area contributed by atoms with Crippen molar-refractivity contribution in [1.29, 1.82) is 0 Å². The summed E-state index contributed by atoms with van der Waals surface area (Å²) >= 11 is 0. The minimum Gasteiger partial charge on any atom is -0.331 e. The summed E-state index contributed by atoms with van der Waals surface area (Å²) in [5, 5.41) is 2.30. The van der Waals surface area contributed by atoms with Crippen molar-refractivity contribution in [2.75, 3.05) is 23.4 Å². The molecule has 114 valence electrons. The molecule has 1 aromatic rings. The molecule has 21 heavy (non-hydrogen) atoms. The Labute approximate surface area is 122 Å². The van der Waals surface area contributed by atoms with Crippen molar-refractivity contribution < 1.29 is 18.0 Å². The summed E-state index contributed by atoms with van der Waals surface area (Å²) in [7, 11) is -3.12. The lowest BCUT2D eigenvalue weighted by molar-refractivity contribution is -0.144. The molecule has 1 atom stereocenters. The van der Waals surface area contributed by atoms with Crippen LogP contribution in [0.3, 0.4) is 0 Å². The number of carbonyl (C=O) groups is 2. The van der Waals surface area contributed by atoms with E-state index in [-0.39, 0.29) is 24.0 Å². The number of amides is 2. The third-order valence-electron chi connectivity index (χ3n) is 3.24. The van der Waals surface area contributed by atoms with Gasteiger partial charge >= 0.3 is 11.8 Å². The highest BCUT2D eigenvalue weighted by molar-refractivity contribution is 7.91. The normalized spacial score (nSPS) is 20.0. The number of likely N-dealkylation sites (N-methyl/N-ethyl adjacent to an activating group) is 1. The summed E-state index contributed by atoms with van der Waals surface area (Å²) in [6.45, 7) is 1.97. The standard InChI is InChI=1S/C12H16N4O4S/c1-2-16(9-4-7-21(19,20)8-9)11(18)10(17)15-12-13-5-3-6-14-12/h3,5-6,9H,2,4,7-8H2,1H3,(H,13,14,15,17). The summed E-state index contributed by atoms with van der Waals surface area (Å²) in [5.41, 5.74) is 0. The zero-order valence-corrected chi connectivity index (χ0v) is 12.3. The molecule has 1 aliphatic heterocycles. The molecule has 0 aromatic carbocycles. The molecule has 0 aliphatic carbocycles. The van der Waals surface area contributed by atoms with E-state index in [2.05, 4.69) is 15.3 Å². The van der Waals surface area contributed by atoms with E-state index in [1.54, 1.807) is 13.0 Å². The SMILES string of the molecule is CCN(C(=O)C(=O)Nc1ncccn1)C1CCS(=O)(=O)C1. The lowest BCUT2D eigenvalue weighted by Gasteiger charge is -2.25. The first kappa shape index (κ1) is 15.4. The van der Waals surface area contributed by atoms with Crippen LogP contribution in [0.5, 0.6) is 0 Å². The van der Waals surface area contributed by atoms with Gasteiger partial charge in [-0.2, -0.15) is 0 Å². The van der Waals surface area contributed by atoms with Gasteiger partial charge in [-0.1, -0.05) is 0 Å². The molecule has 1 unspecified atom stereocenters. The maximum atomic E-state index is 12.1. The van der Waals surface area contributed by atoms with Gasteiger partial charge < -0.3 is 4.90 Å². The van der Waals surface area contributed by atoms with Gasteiger partial charge in [0.1, 0.15) is 0 Å². The first-order valence-electron chi connectivity index (χ1n) is 6.52. The molecule has 1 fully saturated rings. The Balaban J connectivity index is 2.05. The van der Waals surface area contributed by atoms with Crippen molar-refractivity contribution in [2.45, 2.75) is 19.4 Å². The Morgan fingerprint density at radius 2 is 2.05 bits per heavy atom. The molecule has 2 heterocycles. The van der Waals surface area contributed by atoms with Gasteiger partial charge in [0, 0.05) is 25.0 Å². The summed E-state index contributed by atoms with van der Waals surface area (Å²) in [5.74, 6) is -1.66. The monoisotopic (exact) mass is 312 g/mol. The molecule has 0 spiro atoms. The van der Waals surface area contributed by atoms with Crippen molar-refractivity contribution in [3.05, 3.63) is 18.5 Å². The van der Waals surface area contributed by atoms with E-state index in [0.29, 0.717) is 6.42 Å². The number of aromatic nitrogens is 2. The van der Waals surface area contributed by atoms with E-state index >= 15 is 0 Å². The van der Waals surface area contributed by atoms with Crippen molar-refractivity contribution in [3.63, 3.8) is 0 Å². The van der Waals surface area contributed by atoms with Crippen molar-refractivity contribution in [1.82, 2.24) is 14.9 Å². The summed E-state index contributed by atoms with van der Waals surface area (Å²) in [6, 6.07) is 1.13.